The molecule has 0 bridgehead atoms. The Balaban J connectivity index is 1.05. The van der Waals surface area contributed by atoms with E-state index >= 15 is 0 Å². The van der Waals surface area contributed by atoms with Crippen LogP contribution in [0.3, 0.4) is 0 Å². The Kier molecular flexibility index (Phi) is 6.91. The molecule has 1 saturated carbocycles. The van der Waals surface area contributed by atoms with Crippen LogP contribution in [-0.2, 0) is 24.3 Å². The topological polar surface area (TPSA) is 62.6 Å². The van der Waals surface area contributed by atoms with Crippen LogP contribution in [0, 0.1) is 5.92 Å². The van der Waals surface area contributed by atoms with E-state index in [2.05, 4.69) is 19.8 Å². The molecule has 172 valence electrons. The van der Waals surface area contributed by atoms with Gasteiger partial charge in [-0.25, -0.2) is 0 Å². The first-order valence-corrected chi connectivity index (χ1v) is 12.7. The first-order chi connectivity index (χ1) is 15.3. The SMILES string of the molecule is O=C(NCCCN1CCC(N2CCCCC2)CC1)c1nn(CC2CC2)c2c1COCC2. The van der Waals surface area contributed by atoms with Crippen LogP contribution in [0.1, 0.15) is 73.1 Å². The molecule has 5 rings (SSSR count). The van der Waals surface area contributed by atoms with Crippen molar-refractivity contribution in [2.24, 2.45) is 5.92 Å². The molecular weight excluding hydrogens is 390 g/mol. The lowest BCUT2D eigenvalue weighted by Crippen LogP contribution is -2.47. The Morgan fingerprint density at radius 1 is 1.06 bits per heavy atom. The summed E-state index contributed by atoms with van der Waals surface area (Å²) in [5.41, 5.74) is 2.83. The molecule has 3 fully saturated rings. The van der Waals surface area contributed by atoms with Crippen molar-refractivity contribution >= 4 is 5.91 Å². The molecule has 7 heteroatoms. The summed E-state index contributed by atoms with van der Waals surface area (Å²) in [6.07, 6.45) is 11.2. The fourth-order valence-electron chi connectivity index (χ4n) is 5.57. The minimum atomic E-state index is -0.0277. The van der Waals surface area contributed by atoms with Gasteiger partial charge in [-0.1, -0.05) is 6.42 Å². The monoisotopic (exact) mass is 429 g/mol. The number of hydrogen-bond acceptors (Lipinski definition) is 5. The van der Waals surface area contributed by atoms with Gasteiger partial charge in [0, 0.05) is 36.8 Å². The summed E-state index contributed by atoms with van der Waals surface area (Å²) in [5, 5.41) is 7.83. The molecule has 3 aliphatic heterocycles. The van der Waals surface area contributed by atoms with Crippen molar-refractivity contribution in [3.8, 4) is 0 Å². The van der Waals surface area contributed by atoms with Crippen molar-refractivity contribution in [2.75, 3.05) is 45.9 Å². The van der Waals surface area contributed by atoms with Crippen molar-refractivity contribution in [1.29, 1.82) is 0 Å². The maximum Gasteiger partial charge on any atom is 0.272 e. The van der Waals surface area contributed by atoms with Gasteiger partial charge >= 0.3 is 0 Å². The number of fused-ring (bicyclic) bond motifs is 1. The molecular formula is C24H39N5O2. The number of amides is 1. The number of rotatable bonds is 8. The Labute approximate surface area is 186 Å². The van der Waals surface area contributed by atoms with Gasteiger partial charge in [0.2, 0.25) is 0 Å². The fourth-order valence-corrected chi connectivity index (χ4v) is 5.57. The molecule has 4 heterocycles. The third-order valence-electron chi connectivity index (χ3n) is 7.64. The van der Waals surface area contributed by atoms with Gasteiger partial charge in [0.1, 0.15) is 0 Å². The highest BCUT2D eigenvalue weighted by atomic mass is 16.5. The lowest BCUT2D eigenvalue weighted by molar-refractivity contribution is 0.0893. The molecule has 0 spiro atoms. The Morgan fingerprint density at radius 2 is 1.87 bits per heavy atom. The van der Waals surface area contributed by atoms with E-state index in [1.54, 1.807) is 0 Å². The first kappa shape index (κ1) is 21.4. The normalized spacial score (nSPS) is 23.6. The van der Waals surface area contributed by atoms with E-state index in [1.807, 2.05) is 0 Å². The molecule has 1 aromatic heterocycles. The molecule has 0 atom stereocenters. The van der Waals surface area contributed by atoms with Gasteiger partial charge in [-0.05, 0) is 83.6 Å². The molecule has 0 radical (unpaired) electrons. The Morgan fingerprint density at radius 3 is 2.65 bits per heavy atom. The average Bonchev–Trinajstić information content (AvgIpc) is 3.57. The fraction of sp³-hybridized carbons (Fsp3) is 0.833. The van der Waals surface area contributed by atoms with E-state index in [9.17, 15) is 4.79 Å². The zero-order chi connectivity index (χ0) is 21.0. The molecule has 1 aromatic rings. The second-order valence-electron chi connectivity index (χ2n) is 9.98. The Hall–Kier alpha value is -1.44. The van der Waals surface area contributed by atoms with Gasteiger partial charge < -0.3 is 19.9 Å². The van der Waals surface area contributed by atoms with Crippen molar-refractivity contribution in [3.05, 3.63) is 17.0 Å². The third-order valence-corrected chi connectivity index (χ3v) is 7.64. The van der Waals surface area contributed by atoms with Crippen molar-refractivity contribution in [2.45, 2.75) is 77.0 Å². The highest BCUT2D eigenvalue weighted by Crippen LogP contribution is 2.32. The van der Waals surface area contributed by atoms with E-state index in [0.717, 1.165) is 56.6 Å². The lowest BCUT2D eigenvalue weighted by atomic mass is 10.00. The zero-order valence-electron chi connectivity index (χ0n) is 19.0. The second kappa shape index (κ2) is 10.0. The largest absolute Gasteiger partial charge is 0.376 e. The third kappa shape index (κ3) is 5.32. The van der Waals surface area contributed by atoms with E-state index in [-0.39, 0.29) is 5.91 Å². The molecule has 1 aliphatic carbocycles. The molecule has 1 N–H and O–H groups in total. The number of nitrogens with zero attached hydrogens (tertiary/aromatic N) is 4. The van der Waals surface area contributed by atoms with Gasteiger partial charge in [-0.15, -0.1) is 0 Å². The number of carbonyl (C=O) groups excluding carboxylic acids is 1. The highest BCUT2D eigenvalue weighted by molar-refractivity contribution is 5.94. The molecule has 31 heavy (non-hydrogen) atoms. The standard InChI is InChI=1S/C24H39N5O2/c30-24(23-21-18-31-16-9-22(21)29(26-23)17-19-5-6-19)25-10-4-11-27-14-7-20(8-15-27)28-12-2-1-3-13-28/h19-20H,1-18H2,(H,25,30). The van der Waals surface area contributed by atoms with E-state index < -0.39 is 0 Å². The van der Waals surface area contributed by atoms with E-state index in [0.29, 0.717) is 12.3 Å². The van der Waals surface area contributed by atoms with Crippen LogP contribution in [0.2, 0.25) is 0 Å². The summed E-state index contributed by atoms with van der Waals surface area (Å²) >= 11 is 0. The molecule has 2 saturated heterocycles. The quantitative estimate of drug-likeness (QED) is 0.643. The minimum Gasteiger partial charge on any atom is -0.376 e. The van der Waals surface area contributed by atoms with Crippen LogP contribution < -0.4 is 5.32 Å². The zero-order valence-corrected chi connectivity index (χ0v) is 19.0. The van der Waals surface area contributed by atoms with Gasteiger partial charge in [0.25, 0.3) is 5.91 Å². The molecule has 4 aliphatic rings. The summed E-state index contributed by atoms with van der Waals surface area (Å²) < 4.78 is 7.73. The van der Waals surface area contributed by atoms with Crippen molar-refractivity contribution in [1.82, 2.24) is 24.9 Å². The number of piperidine rings is 2. The maximum atomic E-state index is 12.8. The van der Waals surface area contributed by atoms with Crippen LogP contribution >= 0.6 is 0 Å². The first-order valence-electron chi connectivity index (χ1n) is 12.7. The molecule has 0 aromatic carbocycles. The maximum absolute atomic E-state index is 12.8. The van der Waals surface area contributed by atoms with Crippen molar-refractivity contribution < 1.29 is 9.53 Å². The highest BCUT2D eigenvalue weighted by Gasteiger charge is 2.29. The van der Waals surface area contributed by atoms with Crippen LogP contribution in [-0.4, -0.2) is 77.4 Å². The summed E-state index contributed by atoms with van der Waals surface area (Å²) in [4.78, 5) is 18.1. The number of ether oxygens (including phenoxy) is 1. The molecule has 7 nitrogen and oxygen atoms in total. The summed E-state index contributed by atoms with van der Waals surface area (Å²) in [7, 11) is 0. The number of hydrogen-bond donors (Lipinski definition) is 1. The van der Waals surface area contributed by atoms with Crippen LogP contribution in [0.15, 0.2) is 0 Å². The molecule has 1 amide bonds. The van der Waals surface area contributed by atoms with E-state index in [1.165, 1.54) is 76.8 Å². The van der Waals surface area contributed by atoms with Crippen LogP contribution in [0.4, 0.5) is 0 Å². The minimum absolute atomic E-state index is 0.0277. The Bertz CT molecular complexity index is 745. The van der Waals surface area contributed by atoms with Gasteiger partial charge in [-0.2, -0.15) is 5.10 Å². The van der Waals surface area contributed by atoms with Gasteiger partial charge in [0.05, 0.1) is 13.2 Å². The average molecular weight is 430 g/mol. The smallest absolute Gasteiger partial charge is 0.272 e. The van der Waals surface area contributed by atoms with Crippen molar-refractivity contribution in [3.63, 3.8) is 0 Å². The predicted molar refractivity (Wildman–Crippen MR) is 120 cm³/mol. The summed E-state index contributed by atoms with van der Waals surface area (Å²) in [5.74, 6) is 0.724. The van der Waals surface area contributed by atoms with Gasteiger partial charge in [-0.3, -0.25) is 9.48 Å². The molecule has 0 unspecified atom stereocenters. The van der Waals surface area contributed by atoms with Gasteiger partial charge in [0.15, 0.2) is 5.69 Å². The number of likely N-dealkylation sites (tertiary alicyclic amines) is 2. The second-order valence-corrected chi connectivity index (χ2v) is 9.98. The number of nitrogens with one attached hydrogen (secondary N) is 1. The number of carbonyl (C=O) groups is 1. The summed E-state index contributed by atoms with van der Waals surface area (Å²) in [6.45, 7) is 9.03. The van der Waals surface area contributed by atoms with E-state index in [4.69, 9.17) is 9.84 Å². The van der Waals surface area contributed by atoms with Crippen LogP contribution in [0.5, 0.6) is 0 Å². The lowest BCUT2D eigenvalue weighted by Gasteiger charge is -2.40. The van der Waals surface area contributed by atoms with Crippen LogP contribution in [0.25, 0.3) is 0 Å². The predicted octanol–water partition coefficient (Wildman–Crippen LogP) is 2.44. The summed E-state index contributed by atoms with van der Waals surface area (Å²) in [6, 6.07) is 0.801. The number of aromatic nitrogens is 2.